The molecule has 0 saturated carbocycles. The van der Waals surface area contributed by atoms with Crippen LogP contribution in [0.2, 0.25) is 0 Å². The predicted octanol–water partition coefficient (Wildman–Crippen LogP) is 0.118. The first-order chi connectivity index (χ1) is 6.56. The van der Waals surface area contributed by atoms with Gasteiger partial charge in [0.15, 0.2) is 5.84 Å². The topological polar surface area (TPSA) is 90.9 Å². The maximum atomic E-state index is 8.94. The first kappa shape index (κ1) is 13.2. The lowest BCUT2D eigenvalue weighted by Gasteiger charge is -2.24. The van der Waals surface area contributed by atoms with Gasteiger partial charge in [0.25, 0.3) is 0 Å². The summed E-state index contributed by atoms with van der Waals surface area (Å²) in [5, 5.41) is 23.6. The van der Waals surface area contributed by atoms with Crippen LogP contribution in [0.15, 0.2) is 5.16 Å². The lowest BCUT2D eigenvalue weighted by molar-refractivity contribution is 0.204. The highest BCUT2D eigenvalue weighted by Gasteiger charge is 2.17. The molecule has 5 N–H and O–H groups in total. The third-order valence-electron chi connectivity index (χ3n) is 2.49. The first-order valence-electron chi connectivity index (χ1n) is 4.91. The first-order valence-corrected chi connectivity index (χ1v) is 4.91. The number of hydrogen-bond acceptors (Lipinski definition) is 4. The molecule has 14 heavy (non-hydrogen) atoms. The molecule has 0 bridgehead atoms. The quantitative estimate of drug-likeness (QED) is 0.213. The maximum Gasteiger partial charge on any atom is 0.156 e. The van der Waals surface area contributed by atoms with Gasteiger partial charge in [-0.1, -0.05) is 19.0 Å². The Kier molecular flexibility index (Phi) is 6.23. The Hall–Kier alpha value is -0.810. The Bertz CT molecular complexity index is 185. The standard InChI is InChI=1S/C9H21N3O2/c1-4-8(9(10)12-14)11-7(3)6(2)5-13/h6-8,11,13-14H,4-5H2,1-3H3,(H2,10,12). The molecule has 0 aromatic heterocycles. The molecular weight excluding hydrogens is 182 g/mol. The third kappa shape index (κ3) is 3.93. The molecule has 0 aromatic carbocycles. The van der Waals surface area contributed by atoms with Crippen molar-refractivity contribution in [1.29, 1.82) is 0 Å². The van der Waals surface area contributed by atoms with Crippen molar-refractivity contribution in [3.05, 3.63) is 0 Å². The van der Waals surface area contributed by atoms with Gasteiger partial charge in [-0.25, -0.2) is 0 Å². The Morgan fingerprint density at radius 2 is 2.07 bits per heavy atom. The fourth-order valence-electron chi connectivity index (χ4n) is 1.12. The fourth-order valence-corrected chi connectivity index (χ4v) is 1.12. The van der Waals surface area contributed by atoms with E-state index in [0.29, 0.717) is 0 Å². The molecule has 0 radical (unpaired) electrons. The van der Waals surface area contributed by atoms with Crippen LogP contribution < -0.4 is 11.1 Å². The van der Waals surface area contributed by atoms with Crippen molar-refractivity contribution >= 4 is 5.84 Å². The van der Waals surface area contributed by atoms with Crippen molar-refractivity contribution in [1.82, 2.24) is 5.32 Å². The average molecular weight is 203 g/mol. The molecule has 0 spiro atoms. The molecule has 0 fully saturated rings. The molecule has 0 saturated heterocycles. The summed E-state index contributed by atoms with van der Waals surface area (Å²) in [4.78, 5) is 0. The van der Waals surface area contributed by atoms with Crippen LogP contribution in [-0.2, 0) is 0 Å². The number of nitrogens with two attached hydrogens (primary N) is 1. The van der Waals surface area contributed by atoms with Crippen molar-refractivity contribution in [2.75, 3.05) is 6.61 Å². The van der Waals surface area contributed by atoms with Gasteiger partial charge in [0.05, 0.1) is 6.04 Å². The van der Waals surface area contributed by atoms with Crippen LogP contribution in [0.4, 0.5) is 0 Å². The maximum absolute atomic E-state index is 8.94. The highest BCUT2D eigenvalue weighted by Crippen LogP contribution is 2.03. The molecule has 0 aliphatic rings. The molecule has 0 amide bonds. The molecule has 84 valence electrons. The summed E-state index contributed by atoms with van der Waals surface area (Å²) in [5.74, 6) is 0.333. The second-order valence-electron chi connectivity index (χ2n) is 3.60. The number of oxime groups is 1. The largest absolute Gasteiger partial charge is 0.409 e. The van der Waals surface area contributed by atoms with Crippen LogP contribution in [0.3, 0.4) is 0 Å². The van der Waals surface area contributed by atoms with Crippen molar-refractivity contribution in [3.63, 3.8) is 0 Å². The van der Waals surface area contributed by atoms with Gasteiger partial charge in [-0.05, 0) is 19.3 Å². The summed E-state index contributed by atoms with van der Waals surface area (Å²) >= 11 is 0. The minimum atomic E-state index is -0.135. The number of aliphatic hydroxyl groups is 1. The number of hydrogen-bond donors (Lipinski definition) is 4. The van der Waals surface area contributed by atoms with Crippen molar-refractivity contribution < 1.29 is 10.3 Å². The molecule has 0 rings (SSSR count). The van der Waals surface area contributed by atoms with Gasteiger partial charge in [-0.15, -0.1) is 0 Å². The minimum absolute atomic E-state index is 0.126. The Morgan fingerprint density at radius 1 is 1.50 bits per heavy atom. The van der Waals surface area contributed by atoms with Crippen molar-refractivity contribution in [2.45, 2.75) is 39.3 Å². The zero-order valence-corrected chi connectivity index (χ0v) is 9.07. The van der Waals surface area contributed by atoms with Crippen LogP contribution in [0.1, 0.15) is 27.2 Å². The zero-order chi connectivity index (χ0) is 11.1. The summed E-state index contributed by atoms with van der Waals surface area (Å²) in [6.07, 6.45) is 0.748. The molecule has 0 heterocycles. The van der Waals surface area contributed by atoms with Crippen LogP contribution in [0.5, 0.6) is 0 Å². The molecule has 0 aliphatic carbocycles. The molecule has 0 aromatic rings. The monoisotopic (exact) mass is 203 g/mol. The zero-order valence-electron chi connectivity index (χ0n) is 9.07. The van der Waals surface area contributed by atoms with E-state index >= 15 is 0 Å². The smallest absolute Gasteiger partial charge is 0.156 e. The molecule has 5 nitrogen and oxygen atoms in total. The van der Waals surface area contributed by atoms with Gasteiger partial charge < -0.3 is 21.4 Å². The fraction of sp³-hybridized carbons (Fsp3) is 0.889. The Labute approximate surface area is 85.0 Å². The van der Waals surface area contributed by atoms with Gasteiger partial charge in [-0.3, -0.25) is 0 Å². The van der Waals surface area contributed by atoms with Crippen LogP contribution >= 0.6 is 0 Å². The molecular formula is C9H21N3O2. The molecule has 3 atom stereocenters. The van der Waals surface area contributed by atoms with Gasteiger partial charge in [0.2, 0.25) is 0 Å². The van der Waals surface area contributed by atoms with Gasteiger partial charge >= 0.3 is 0 Å². The third-order valence-corrected chi connectivity index (χ3v) is 2.49. The summed E-state index contributed by atoms with van der Waals surface area (Å²) in [7, 11) is 0. The summed E-state index contributed by atoms with van der Waals surface area (Å²) in [6.45, 7) is 5.98. The normalized spacial score (nSPS) is 19.0. The van der Waals surface area contributed by atoms with Crippen molar-refractivity contribution in [3.8, 4) is 0 Å². The van der Waals surface area contributed by atoms with E-state index in [0.717, 1.165) is 6.42 Å². The van der Waals surface area contributed by atoms with Crippen LogP contribution in [-0.4, -0.2) is 34.8 Å². The second kappa shape index (κ2) is 6.62. The van der Waals surface area contributed by atoms with E-state index in [1.807, 2.05) is 20.8 Å². The number of nitrogens with zero attached hydrogens (tertiary/aromatic N) is 1. The molecule has 5 heteroatoms. The van der Waals surface area contributed by atoms with E-state index < -0.39 is 0 Å². The lowest BCUT2D eigenvalue weighted by atomic mass is 10.0. The minimum Gasteiger partial charge on any atom is -0.409 e. The summed E-state index contributed by atoms with van der Waals surface area (Å²) in [6, 6.07) is -0.00532. The van der Waals surface area contributed by atoms with E-state index in [9.17, 15) is 0 Å². The lowest BCUT2D eigenvalue weighted by Crippen LogP contribution is -2.47. The van der Waals surface area contributed by atoms with Gasteiger partial charge in [0.1, 0.15) is 0 Å². The van der Waals surface area contributed by atoms with E-state index in [4.69, 9.17) is 16.0 Å². The van der Waals surface area contributed by atoms with Gasteiger partial charge in [-0.2, -0.15) is 0 Å². The summed E-state index contributed by atoms with van der Waals surface area (Å²) < 4.78 is 0. The van der Waals surface area contributed by atoms with Crippen LogP contribution in [0.25, 0.3) is 0 Å². The SMILES string of the molecule is CCC(NC(C)C(C)CO)C(N)=NO. The molecule has 3 unspecified atom stereocenters. The highest BCUT2D eigenvalue weighted by atomic mass is 16.4. The Balaban J connectivity index is 4.18. The predicted molar refractivity (Wildman–Crippen MR) is 56.3 cm³/mol. The van der Waals surface area contributed by atoms with E-state index in [1.165, 1.54) is 0 Å². The molecule has 0 aliphatic heterocycles. The van der Waals surface area contributed by atoms with Crippen molar-refractivity contribution in [2.24, 2.45) is 16.8 Å². The van der Waals surface area contributed by atoms with E-state index in [-0.39, 0.29) is 30.4 Å². The van der Waals surface area contributed by atoms with E-state index in [2.05, 4.69) is 10.5 Å². The summed E-state index contributed by atoms with van der Waals surface area (Å²) in [5.41, 5.74) is 5.49. The average Bonchev–Trinajstić information content (AvgIpc) is 2.22. The second-order valence-corrected chi connectivity index (χ2v) is 3.60. The number of aliphatic hydroxyl groups excluding tert-OH is 1. The van der Waals surface area contributed by atoms with E-state index in [1.54, 1.807) is 0 Å². The Morgan fingerprint density at radius 3 is 2.43 bits per heavy atom. The number of rotatable bonds is 6. The highest BCUT2D eigenvalue weighted by molar-refractivity contribution is 5.85. The van der Waals surface area contributed by atoms with Crippen LogP contribution in [0, 0.1) is 5.92 Å². The number of nitrogens with one attached hydrogen (secondary N) is 1. The number of amidine groups is 1. The van der Waals surface area contributed by atoms with Gasteiger partial charge in [0, 0.05) is 12.6 Å².